The third kappa shape index (κ3) is 2.83. The van der Waals surface area contributed by atoms with E-state index in [-0.39, 0.29) is 5.92 Å². The normalized spacial score (nSPS) is 22.7. The maximum atomic E-state index is 14.4. The Labute approximate surface area is 108 Å². The van der Waals surface area contributed by atoms with Crippen LogP contribution in [0, 0.1) is 5.92 Å². The molecule has 1 unspecified atom stereocenters. The molecule has 1 saturated heterocycles. The van der Waals surface area contributed by atoms with Crippen LogP contribution in [-0.2, 0) is 0 Å². The molecule has 3 heteroatoms. The summed E-state index contributed by atoms with van der Waals surface area (Å²) in [7, 11) is 0. The monoisotopic (exact) mass is 249 g/mol. The third-order valence-electron chi connectivity index (χ3n) is 3.82. The number of alkyl halides is 1. The first-order valence-electron chi connectivity index (χ1n) is 6.94. The Kier molecular flexibility index (Phi) is 3.50. The van der Waals surface area contributed by atoms with Crippen molar-refractivity contribution in [2.45, 2.75) is 38.0 Å². The molecule has 1 atom stereocenters. The number of nitrogens with one attached hydrogen (secondary N) is 1. The topological polar surface area (TPSA) is 21.3 Å². The number of rotatable bonds is 4. The van der Waals surface area contributed by atoms with Crippen LogP contribution in [0.4, 0.5) is 4.39 Å². The summed E-state index contributed by atoms with van der Waals surface area (Å²) in [6.45, 7) is 1.88. The Balaban J connectivity index is 1.63. The van der Waals surface area contributed by atoms with Crippen LogP contribution in [0.2, 0.25) is 0 Å². The average Bonchev–Trinajstić information content (AvgIpc) is 3.24. The Morgan fingerprint density at radius 3 is 2.33 bits per heavy atom. The van der Waals surface area contributed by atoms with E-state index in [4.69, 9.17) is 4.74 Å². The first-order chi connectivity index (χ1) is 8.83. The van der Waals surface area contributed by atoms with E-state index in [2.05, 4.69) is 5.32 Å². The zero-order valence-corrected chi connectivity index (χ0v) is 10.6. The number of benzene rings is 1. The molecule has 1 aliphatic heterocycles. The highest BCUT2D eigenvalue weighted by Crippen LogP contribution is 2.33. The summed E-state index contributed by atoms with van der Waals surface area (Å²) < 4.78 is 20.0. The lowest BCUT2D eigenvalue weighted by molar-refractivity contribution is 0.190. The van der Waals surface area contributed by atoms with E-state index >= 15 is 0 Å². The lowest BCUT2D eigenvalue weighted by Gasteiger charge is -2.26. The molecule has 2 fully saturated rings. The summed E-state index contributed by atoms with van der Waals surface area (Å²) in [6.07, 6.45) is 3.75. The van der Waals surface area contributed by atoms with E-state index in [9.17, 15) is 4.39 Å². The van der Waals surface area contributed by atoms with E-state index in [1.807, 2.05) is 24.3 Å². The third-order valence-corrected chi connectivity index (χ3v) is 3.82. The highest BCUT2D eigenvalue weighted by Gasteiger charge is 2.25. The summed E-state index contributed by atoms with van der Waals surface area (Å²) in [5.41, 5.74) is 0.796. The Morgan fingerprint density at radius 1 is 1.06 bits per heavy atom. The van der Waals surface area contributed by atoms with Crippen molar-refractivity contribution < 1.29 is 9.13 Å². The maximum absolute atomic E-state index is 14.4. The van der Waals surface area contributed by atoms with E-state index in [1.54, 1.807) is 0 Å². The molecular formula is C15H20FNO. The first kappa shape index (κ1) is 12.0. The van der Waals surface area contributed by atoms with Crippen molar-refractivity contribution in [2.75, 3.05) is 13.1 Å². The molecule has 1 aromatic carbocycles. The van der Waals surface area contributed by atoms with Gasteiger partial charge in [0.25, 0.3) is 0 Å². The van der Waals surface area contributed by atoms with E-state index < -0.39 is 6.17 Å². The van der Waals surface area contributed by atoms with Crippen molar-refractivity contribution in [2.24, 2.45) is 5.92 Å². The Bertz CT molecular complexity index is 382. The highest BCUT2D eigenvalue weighted by atomic mass is 19.1. The van der Waals surface area contributed by atoms with Crippen LogP contribution < -0.4 is 10.1 Å². The van der Waals surface area contributed by atoms with E-state index in [0.717, 1.165) is 50.1 Å². The van der Waals surface area contributed by atoms with E-state index in [1.165, 1.54) is 0 Å². The van der Waals surface area contributed by atoms with Gasteiger partial charge >= 0.3 is 0 Å². The maximum Gasteiger partial charge on any atom is 0.128 e. The summed E-state index contributed by atoms with van der Waals surface area (Å²) in [5, 5.41) is 3.27. The molecule has 98 valence electrons. The van der Waals surface area contributed by atoms with Gasteiger partial charge in [0, 0.05) is 0 Å². The molecule has 2 nitrogen and oxygen atoms in total. The highest BCUT2D eigenvalue weighted by molar-refractivity contribution is 5.29. The molecule has 1 aliphatic carbocycles. The molecule has 1 heterocycles. The van der Waals surface area contributed by atoms with Gasteiger partial charge in [0.2, 0.25) is 0 Å². The summed E-state index contributed by atoms with van der Waals surface area (Å²) in [6, 6.07) is 7.57. The van der Waals surface area contributed by atoms with Crippen molar-refractivity contribution in [3.8, 4) is 5.75 Å². The molecule has 0 radical (unpaired) electrons. The van der Waals surface area contributed by atoms with Crippen LogP contribution >= 0.6 is 0 Å². The molecule has 2 aliphatic rings. The molecule has 18 heavy (non-hydrogen) atoms. The van der Waals surface area contributed by atoms with Crippen LogP contribution in [0.1, 0.15) is 37.4 Å². The average molecular weight is 249 g/mol. The minimum absolute atomic E-state index is 0.168. The van der Waals surface area contributed by atoms with Crippen molar-refractivity contribution in [3.05, 3.63) is 29.8 Å². The smallest absolute Gasteiger partial charge is 0.128 e. The van der Waals surface area contributed by atoms with E-state index in [0.29, 0.717) is 6.10 Å². The molecular weight excluding hydrogens is 229 g/mol. The first-order valence-corrected chi connectivity index (χ1v) is 6.94. The van der Waals surface area contributed by atoms with Gasteiger partial charge < -0.3 is 10.1 Å². The number of halogens is 1. The quantitative estimate of drug-likeness (QED) is 0.884. The van der Waals surface area contributed by atoms with Gasteiger partial charge in [0.1, 0.15) is 11.9 Å². The number of hydrogen-bond donors (Lipinski definition) is 1. The summed E-state index contributed by atoms with van der Waals surface area (Å²) >= 11 is 0. The summed E-state index contributed by atoms with van der Waals surface area (Å²) in [5.74, 6) is 1.04. The van der Waals surface area contributed by atoms with Crippen LogP contribution in [0.15, 0.2) is 24.3 Å². The minimum Gasteiger partial charge on any atom is -0.490 e. The Morgan fingerprint density at radius 2 is 1.72 bits per heavy atom. The SMILES string of the molecule is FC(c1ccc(OC2CC2)cc1)C1CCNCC1. The van der Waals surface area contributed by atoms with Gasteiger partial charge in [-0.05, 0) is 62.4 Å². The zero-order valence-electron chi connectivity index (χ0n) is 10.6. The van der Waals surface area contributed by atoms with Gasteiger partial charge in [0.05, 0.1) is 6.10 Å². The van der Waals surface area contributed by atoms with Gasteiger partial charge in [-0.1, -0.05) is 12.1 Å². The number of piperidine rings is 1. The lowest BCUT2D eigenvalue weighted by atomic mass is 9.89. The minimum atomic E-state index is -0.831. The lowest BCUT2D eigenvalue weighted by Crippen LogP contribution is -2.29. The second kappa shape index (κ2) is 5.27. The second-order valence-corrected chi connectivity index (χ2v) is 5.38. The van der Waals surface area contributed by atoms with Crippen LogP contribution in [0.3, 0.4) is 0 Å². The van der Waals surface area contributed by atoms with Crippen LogP contribution in [-0.4, -0.2) is 19.2 Å². The van der Waals surface area contributed by atoms with Gasteiger partial charge in [0.15, 0.2) is 0 Å². The molecule has 0 amide bonds. The standard InChI is InChI=1S/C15H20FNO/c16-15(12-7-9-17-10-8-12)11-1-3-13(4-2-11)18-14-5-6-14/h1-4,12,14-15,17H,5-10H2. The van der Waals surface area contributed by atoms with Gasteiger partial charge in [-0.2, -0.15) is 0 Å². The van der Waals surface area contributed by atoms with Crippen molar-refractivity contribution in [1.29, 1.82) is 0 Å². The predicted octanol–water partition coefficient (Wildman–Crippen LogP) is 3.24. The fourth-order valence-electron chi connectivity index (χ4n) is 2.52. The molecule has 0 spiro atoms. The molecule has 1 saturated carbocycles. The van der Waals surface area contributed by atoms with Crippen LogP contribution in [0.25, 0.3) is 0 Å². The zero-order chi connectivity index (χ0) is 12.4. The predicted molar refractivity (Wildman–Crippen MR) is 69.5 cm³/mol. The molecule has 0 bridgehead atoms. The molecule has 1 N–H and O–H groups in total. The largest absolute Gasteiger partial charge is 0.490 e. The van der Waals surface area contributed by atoms with Gasteiger partial charge in [-0.15, -0.1) is 0 Å². The Hall–Kier alpha value is -1.09. The van der Waals surface area contributed by atoms with Gasteiger partial charge in [-0.3, -0.25) is 0 Å². The fraction of sp³-hybridized carbons (Fsp3) is 0.600. The molecule has 3 rings (SSSR count). The van der Waals surface area contributed by atoms with Crippen molar-refractivity contribution in [3.63, 3.8) is 0 Å². The van der Waals surface area contributed by atoms with Crippen molar-refractivity contribution in [1.82, 2.24) is 5.32 Å². The van der Waals surface area contributed by atoms with Gasteiger partial charge in [-0.25, -0.2) is 4.39 Å². The fourth-order valence-corrected chi connectivity index (χ4v) is 2.52. The summed E-state index contributed by atoms with van der Waals surface area (Å²) in [4.78, 5) is 0. The van der Waals surface area contributed by atoms with Crippen molar-refractivity contribution >= 4 is 0 Å². The molecule has 1 aromatic rings. The number of hydrogen-bond acceptors (Lipinski definition) is 2. The number of ether oxygens (including phenoxy) is 1. The van der Waals surface area contributed by atoms with Crippen LogP contribution in [0.5, 0.6) is 5.75 Å². The second-order valence-electron chi connectivity index (χ2n) is 5.38. The molecule has 0 aromatic heterocycles.